The summed E-state index contributed by atoms with van der Waals surface area (Å²) in [6, 6.07) is 0. The average Bonchev–Trinajstić information content (AvgIpc) is 2.59. The highest BCUT2D eigenvalue weighted by Crippen LogP contribution is 2.11. The lowest BCUT2D eigenvalue weighted by molar-refractivity contribution is -0.136. The number of β-amino-alcohol motifs (C(OH)–C–C–N with tert-alkyl or cyclic N) is 2. The van der Waals surface area contributed by atoms with Crippen molar-refractivity contribution in [3.05, 3.63) is 11.6 Å². The number of ether oxygens (including phenoxy) is 1. The number of esters is 1. The lowest BCUT2D eigenvalue weighted by Gasteiger charge is -2.12. The van der Waals surface area contributed by atoms with E-state index in [1.165, 1.54) is 7.11 Å². The van der Waals surface area contributed by atoms with Crippen LogP contribution in [0.4, 0.5) is 0 Å². The van der Waals surface area contributed by atoms with E-state index in [1.807, 2.05) is 11.8 Å². The minimum absolute atomic E-state index is 0.317. The van der Waals surface area contributed by atoms with Crippen LogP contribution in [-0.4, -0.2) is 60.0 Å². The molecule has 0 aromatic carbocycles. The Bertz CT molecular complexity index is 267. The highest BCUT2D eigenvalue weighted by atomic mass is 16.5. The van der Waals surface area contributed by atoms with Gasteiger partial charge < -0.3 is 14.9 Å². The highest BCUT2D eigenvalue weighted by Gasteiger charge is 2.28. The predicted molar refractivity (Wildman–Crippen MR) is 58.8 cm³/mol. The predicted octanol–water partition coefficient (Wildman–Crippen LogP) is -0.467. The Balaban J connectivity index is 2.48. The van der Waals surface area contributed by atoms with Gasteiger partial charge in [-0.1, -0.05) is 13.0 Å². The molecule has 0 aromatic heterocycles. The maximum Gasteiger partial charge on any atom is 0.333 e. The van der Waals surface area contributed by atoms with Crippen LogP contribution in [-0.2, 0) is 9.53 Å². The van der Waals surface area contributed by atoms with Crippen molar-refractivity contribution < 1.29 is 19.7 Å². The number of likely N-dealkylation sites (tertiary alicyclic amines) is 1. The molecule has 0 bridgehead atoms. The Kier molecular flexibility index (Phi) is 4.92. The molecule has 92 valence electrons. The molecule has 1 aliphatic rings. The minimum atomic E-state index is -0.684. The number of aliphatic hydroxyl groups excluding tert-OH is 2. The first-order valence-corrected chi connectivity index (χ1v) is 5.44. The number of methoxy groups -OCH3 is 1. The number of aliphatic hydroxyl groups is 2. The molecule has 16 heavy (non-hydrogen) atoms. The number of carbonyl (C=O) groups excluding carboxylic acids is 1. The molecule has 5 nitrogen and oxygen atoms in total. The maximum absolute atomic E-state index is 11.3. The molecular weight excluding hydrogens is 210 g/mol. The molecular formula is C11H19NO4. The summed E-state index contributed by atoms with van der Waals surface area (Å²) < 4.78 is 4.64. The summed E-state index contributed by atoms with van der Waals surface area (Å²) in [5.41, 5.74) is 0.623. The maximum atomic E-state index is 11.3. The van der Waals surface area contributed by atoms with Gasteiger partial charge >= 0.3 is 5.97 Å². The molecule has 0 aromatic rings. The van der Waals surface area contributed by atoms with Gasteiger partial charge in [0.05, 0.1) is 19.3 Å². The van der Waals surface area contributed by atoms with Gasteiger partial charge in [0.25, 0.3) is 0 Å². The third-order valence-electron chi connectivity index (χ3n) is 2.76. The highest BCUT2D eigenvalue weighted by molar-refractivity contribution is 5.88. The van der Waals surface area contributed by atoms with E-state index >= 15 is 0 Å². The van der Waals surface area contributed by atoms with E-state index in [0.29, 0.717) is 31.6 Å². The van der Waals surface area contributed by atoms with Crippen molar-refractivity contribution in [2.75, 3.05) is 26.7 Å². The first-order valence-electron chi connectivity index (χ1n) is 5.44. The van der Waals surface area contributed by atoms with Crippen molar-refractivity contribution in [1.29, 1.82) is 0 Å². The Morgan fingerprint density at radius 1 is 1.44 bits per heavy atom. The SMILES string of the molecule is CCC(=CCN1CC(O)C(O)C1)C(=O)OC. The van der Waals surface area contributed by atoms with Crippen molar-refractivity contribution in [3.8, 4) is 0 Å². The van der Waals surface area contributed by atoms with Gasteiger partial charge in [0, 0.05) is 25.2 Å². The van der Waals surface area contributed by atoms with Crippen LogP contribution in [0.15, 0.2) is 11.6 Å². The summed E-state index contributed by atoms with van der Waals surface area (Å²) in [4.78, 5) is 13.2. The van der Waals surface area contributed by atoms with E-state index in [0.717, 1.165) is 0 Å². The molecule has 1 heterocycles. The average molecular weight is 229 g/mol. The van der Waals surface area contributed by atoms with Crippen LogP contribution in [0.5, 0.6) is 0 Å². The number of hydrogen-bond acceptors (Lipinski definition) is 5. The zero-order valence-corrected chi connectivity index (χ0v) is 9.72. The van der Waals surface area contributed by atoms with Crippen LogP contribution < -0.4 is 0 Å². The minimum Gasteiger partial charge on any atom is -0.466 e. The standard InChI is InChI=1S/C11H19NO4/c1-3-8(11(15)16-2)4-5-12-6-9(13)10(14)7-12/h4,9-10,13-14H,3,5-7H2,1-2H3. The van der Waals surface area contributed by atoms with E-state index in [-0.39, 0.29) is 5.97 Å². The van der Waals surface area contributed by atoms with Crippen molar-refractivity contribution in [2.45, 2.75) is 25.6 Å². The van der Waals surface area contributed by atoms with Gasteiger partial charge in [0.1, 0.15) is 0 Å². The van der Waals surface area contributed by atoms with Crippen LogP contribution in [0.1, 0.15) is 13.3 Å². The molecule has 5 heteroatoms. The molecule has 0 aliphatic carbocycles. The number of nitrogens with zero attached hydrogens (tertiary/aromatic N) is 1. The van der Waals surface area contributed by atoms with E-state index in [4.69, 9.17) is 0 Å². The molecule has 0 saturated carbocycles. The lowest BCUT2D eigenvalue weighted by atomic mass is 10.2. The molecule has 2 N–H and O–H groups in total. The van der Waals surface area contributed by atoms with E-state index < -0.39 is 12.2 Å². The summed E-state index contributed by atoms with van der Waals surface area (Å²) in [6.45, 7) is 3.31. The largest absolute Gasteiger partial charge is 0.466 e. The number of hydrogen-bond donors (Lipinski definition) is 2. The summed E-state index contributed by atoms with van der Waals surface area (Å²) in [5.74, 6) is -0.317. The van der Waals surface area contributed by atoms with E-state index in [2.05, 4.69) is 4.74 Å². The fraction of sp³-hybridized carbons (Fsp3) is 0.727. The van der Waals surface area contributed by atoms with Crippen LogP contribution >= 0.6 is 0 Å². The Morgan fingerprint density at radius 3 is 2.44 bits per heavy atom. The van der Waals surface area contributed by atoms with Gasteiger partial charge in [-0.05, 0) is 6.42 Å². The van der Waals surface area contributed by atoms with Crippen molar-refractivity contribution >= 4 is 5.97 Å². The van der Waals surface area contributed by atoms with Crippen LogP contribution in [0.3, 0.4) is 0 Å². The molecule has 1 rings (SSSR count). The third kappa shape index (κ3) is 3.30. The second-order valence-corrected chi connectivity index (χ2v) is 3.93. The van der Waals surface area contributed by atoms with Crippen molar-refractivity contribution in [2.24, 2.45) is 0 Å². The molecule has 0 spiro atoms. The molecule has 1 saturated heterocycles. The smallest absolute Gasteiger partial charge is 0.333 e. The third-order valence-corrected chi connectivity index (χ3v) is 2.76. The molecule has 1 fully saturated rings. The topological polar surface area (TPSA) is 70.0 Å². The number of rotatable bonds is 4. The molecule has 1 aliphatic heterocycles. The van der Waals surface area contributed by atoms with Gasteiger partial charge in [-0.2, -0.15) is 0 Å². The fourth-order valence-electron chi connectivity index (χ4n) is 1.74. The van der Waals surface area contributed by atoms with Crippen LogP contribution in [0, 0.1) is 0 Å². The van der Waals surface area contributed by atoms with Gasteiger partial charge in [-0.3, -0.25) is 4.90 Å². The van der Waals surface area contributed by atoms with Gasteiger partial charge in [0.15, 0.2) is 0 Å². The second kappa shape index (κ2) is 5.98. The lowest BCUT2D eigenvalue weighted by Crippen LogP contribution is -2.22. The van der Waals surface area contributed by atoms with Gasteiger partial charge in [-0.15, -0.1) is 0 Å². The number of carbonyl (C=O) groups is 1. The second-order valence-electron chi connectivity index (χ2n) is 3.93. The van der Waals surface area contributed by atoms with E-state index in [1.54, 1.807) is 6.08 Å². The van der Waals surface area contributed by atoms with Crippen molar-refractivity contribution in [1.82, 2.24) is 4.90 Å². The Labute approximate surface area is 95.3 Å². The van der Waals surface area contributed by atoms with Gasteiger partial charge in [0.2, 0.25) is 0 Å². The molecule has 0 radical (unpaired) electrons. The van der Waals surface area contributed by atoms with E-state index in [9.17, 15) is 15.0 Å². The first kappa shape index (κ1) is 13.2. The van der Waals surface area contributed by atoms with Crippen molar-refractivity contribution in [3.63, 3.8) is 0 Å². The summed E-state index contributed by atoms with van der Waals surface area (Å²) in [5, 5.41) is 18.7. The zero-order valence-electron chi connectivity index (χ0n) is 9.72. The monoisotopic (exact) mass is 229 g/mol. The van der Waals surface area contributed by atoms with Crippen LogP contribution in [0.25, 0.3) is 0 Å². The summed E-state index contributed by atoms with van der Waals surface area (Å²) in [6.07, 6.45) is 1.04. The molecule has 2 unspecified atom stereocenters. The van der Waals surface area contributed by atoms with Crippen LogP contribution in [0.2, 0.25) is 0 Å². The Hall–Kier alpha value is -0.910. The fourth-order valence-corrected chi connectivity index (χ4v) is 1.74. The Morgan fingerprint density at radius 2 is 2.00 bits per heavy atom. The van der Waals surface area contributed by atoms with Gasteiger partial charge in [-0.25, -0.2) is 4.79 Å². The normalized spacial score (nSPS) is 27.1. The zero-order chi connectivity index (χ0) is 12.1. The summed E-state index contributed by atoms with van der Waals surface area (Å²) >= 11 is 0. The summed E-state index contributed by atoms with van der Waals surface area (Å²) in [7, 11) is 1.36. The molecule has 2 atom stereocenters. The quantitative estimate of drug-likeness (QED) is 0.504. The first-order chi connectivity index (χ1) is 7.58. The molecule has 0 amide bonds.